The molecular weight excluding hydrogens is 670 g/mol. The van der Waals surface area contributed by atoms with E-state index in [9.17, 15) is 23.7 Å². The third-order valence-corrected chi connectivity index (χ3v) is 8.72. The van der Waals surface area contributed by atoms with Crippen LogP contribution in [0.3, 0.4) is 0 Å². The zero-order chi connectivity index (χ0) is 33.9. The van der Waals surface area contributed by atoms with Crippen molar-refractivity contribution < 1.29 is 51.7 Å². The third-order valence-electron chi connectivity index (χ3n) is 6.35. The molecule has 0 aliphatic carbocycles. The molecule has 1 aromatic carbocycles. The van der Waals surface area contributed by atoms with Crippen LogP contribution in [-0.2, 0) is 39.0 Å². The first-order valence-corrected chi connectivity index (χ1v) is 16.8. The van der Waals surface area contributed by atoms with Crippen molar-refractivity contribution in [1.82, 2.24) is 20.4 Å². The number of halogens is 2. The van der Waals surface area contributed by atoms with Gasteiger partial charge >= 0.3 is 19.9 Å². The summed E-state index contributed by atoms with van der Waals surface area (Å²) in [4.78, 5) is 51.1. The topological polar surface area (TPSA) is 185 Å². The van der Waals surface area contributed by atoms with E-state index >= 15 is 0 Å². The number of likely N-dealkylation sites (tertiary alicyclic amines) is 1. The van der Waals surface area contributed by atoms with E-state index in [1.54, 1.807) is 50.8 Å². The molecule has 1 aliphatic heterocycles. The summed E-state index contributed by atoms with van der Waals surface area (Å²) < 4.78 is 43.4. The first kappa shape index (κ1) is 37.3. The van der Waals surface area contributed by atoms with Gasteiger partial charge in [0.05, 0.1) is 34.0 Å². The monoisotopic (exact) mass is 706 g/mol. The van der Waals surface area contributed by atoms with Crippen molar-refractivity contribution in [2.24, 2.45) is 0 Å². The van der Waals surface area contributed by atoms with Crippen LogP contribution in [0, 0.1) is 0 Å². The molecule has 18 heteroatoms. The Balaban J connectivity index is 1.54. The van der Waals surface area contributed by atoms with Gasteiger partial charge in [0.25, 0.3) is 5.91 Å². The number of carbonyl (C=O) groups is 4. The Bertz CT molecular complexity index is 1360. The highest BCUT2D eigenvalue weighted by Crippen LogP contribution is 2.49. The number of nitrogens with one attached hydrogen (secondary N) is 2. The van der Waals surface area contributed by atoms with E-state index in [2.05, 4.69) is 15.5 Å². The van der Waals surface area contributed by atoms with Crippen molar-refractivity contribution >= 4 is 54.8 Å². The Labute approximate surface area is 276 Å². The normalized spacial score (nSPS) is 14.3. The van der Waals surface area contributed by atoms with Crippen LogP contribution >= 0.6 is 30.8 Å². The minimum absolute atomic E-state index is 0.136. The van der Waals surface area contributed by atoms with Gasteiger partial charge in [0.15, 0.2) is 5.78 Å². The van der Waals surface area contributed by atoms with Gasteiger partial charge in [-0.05, 0) is 52.7 Å². The van der Waals surface area contributed by atoms with E-state index in [1.807, 2.05) is 0 Å². The van der Waals surface area contributed by atoms with Crippen LogP contribution < -0.4 is 5.32 Å². The number of rotatable bonds is 15. The number of aromatic amines is 1. The molecule has 3 rings (SSSR count). The molecule has 0 spiro atoms. The lowest BCUT2D eigenvalue weighted by molar-refractivity contribution is -0.0320. The molecule has 2 N–H and O–H groups in total. The summed E-state index contributed by atoms with van der Waals surface area (Å²) in [6.07, 6.45) is -0.948. The van der Waals surface area contributed by atoms with Crippen LogP contribution in [0.2, 0.25) is 10.0 Å². The fourth-order valence-electron chi connectivity index (χ4n) is 4.27. The van der Waals surface area contributed by atoms with E-state index in [0.29, 0.717) is 31.5 Å². The average Bonchev–Trinajstić information content (AvgIpc) is 3.41. The SMILES string of the molecule is CC(C)OC(=O)OCOP(=O)(CN1CCC(NC(=O)c2[nH]ncc2CC(=O)c2c(Cl)cccc2Cl)CC1)OCOC(=O)OC(C)C. The lowest BCUT2D eigenvalue weighted by atomic mass is 10.0. The van der Waals surface area contributed by atoms with Crippen LogP contribution in [0.5, 0.6) is 0 Å². The minimum Gasteiger partial charge on any atom is -0.432 e. The molecule has 0 bridgehead atoms. The number of piperidine rings is 1. The maximum atomic E-state index is 13.5. The van der Waals surface area contributed by atoms with Gasteiger partial charge in [-0.2, -0.15) is 5.10 Å². The number of hydrogen-bond donors (Lipinski definition) is 2. The molecule has 1 saturated heterocycles. The quantitative estimate of drug-likeness (QED) is 0.102. The van der Waals surface area contributed by atoms with Gasteiger partial charge in [-0.15, -0.1) is 0 Å². The Morgan fingerprint density at radius 2 is 1.52 bits per heavy atom. The zero-order valence-electron chi connectivity index (χ0n) is 25.8. The van der Waals surface area contributed by atoms with E-state index < -0.39 is 51.6 Å². The Morgan fingerprint density at radius 1 is 0.978 bits per heavy atom. The highest BCUT2D eigenvalue weighted by atomic mass is 35.5. The van der Waals surface area contributed by atoms with Crippen molar-refractivity contribution in [2.75, 3.05) is 33.0 Å². The zero-order valence-corrected chi connectivity index (χ0v) is 28.2. The van der Waals surface area contributed by atoms with Gasteiger partial charge in [0.1, 0.15) is 12.0 Å². The maximum Gasteiger partial charge on any atom is 0.510 e. The summed E-state index contributed by atoms with van der Waals surface area (Å²) in [5.74, 6) is -0.810. The minimum atomic E-state index is -4.00. The molecule has 0 saturated carbocycles. The van der Waals surface area contributed by atoms with Crippen molar-refractivity contribution in [3.8, 4) is 0 Å². The van der Waals surface area contributed by atoms with Gasteiger partial charge in [0.2, 0.25) is 13.6 Å². The van der Waals surface area contributed by atoms with Crippen LogP contribution in [0.4, 0.5) is 9.59 Å². The first-order chi connectivity index (χ1) is 21.8. The molecule has 2 aromatic rings. The lowest BCUT2D eigenvalue weighted by Gasteiger charge is -2.33. The fourth-order valence-corrected chi connectivity index (χ4v) is 6.32. The van der Waals surface area contributed by atoms with Crippen molar-refractivity contribution in [2.45, 2.75) is 65.2 Å². The average molecular weight is 708 g/mol. The summed E-state index contributed by atoms with van der Waals surface area (Å²) in [6, 6.07) is 4.49. The number of Topliss-reactive ketones (excluding diaryl/α,β-unsaturated/α-hetero) is 1. The first-order valence-electron chi connectivity index (χ1n) is 14.3. The highest BCUT2D eigenvalue weighted by Gasteiger charge is 2.33. The van der Waals surface area contributed by atoms with Gasteiger partial charge < -0.3 is 24.3 Å². The summed E-state index contributed by atoms with van der Waals surface area (Å²) in [5, 5.41) is 9.93. The van der Waals surface area contributed by atoms with Crippen molar-refractivity contribution in [1.29, 1.82) is 0 Å². The number of ketones is 1. The molecular formula is C28H37Cl2N4O11P. The predicted molar refractivity (Wildman–Crippen MR) is 165 cm³/mol. The third kappa shape index (κ3) is 11.9. The molecule has 46 heavy (non-hydrogen) atoms. The van der Waals surface area contributed by atoms with Crippen LogP contribution in [-0.4, -0.2) is 90.3 Å². The Hall–Kier alpha value is -3.20. The Morgan fingerprint density at radius 3 is 2.04 bits per heavy atom. The van der Waals surface area contributed by atoms with Crippen molar-refractivity contribution in [3.05, 3.63) is 51.3 Å². The summed E-state index contributed by atoms with van der Waals surface area (Å²) in [7, 11) is -4.00. The number of benzene rings is 1. The largest absolute Gasteiger partial charge is 0.510 e. The Kier molecular flexibility index (Phi) is 14.3. The summed E-state index contributed by atoms with van der Waals surface area (Å²) in [6.45, 7) is 5.81. The number of aromatic nitrogens is 2. The standard InChI is InChI=1S/C28H37Cl2N4O11P/c1-17(2)44-27(37)40-15-42-46(39,43-16-41-28(38)45-18(3)4)14-34-10-8-20(9-11-34)32-26(36)25-19(13-31-33-25)12-23(35)24-21(29)6-5-7-22(24)30/h5-7,13,17-18,20H,8-12,14-16H2,1-4H3,(H,31,33)(H,32,36). The second-order valence-electron chi connectivity index (χ2n) is 10.7. The molecule has 1 amide bonds. The second-order valence-corrected chi connectivity index (χ2v) is 13.5. The molecule has 0 unspecified atom stereocenters. The van der Waals surface area contributed by atoms with E-state index in [1.165, 1.54) is 6.20 Å². The van der Waals surface area contributed by atoms with Gasteiger partial charge in [-0.25, -0.2) is 9.59 Å². The number of amides is 1. The second kappa shape index (κ2) is 17.6. The van der Waals surface area contributed by atoms with Gasteiger partial charge in [-0.3, -0.25) is 33.2 Å². The van der Waals surface area contributed by atoms with E-state index in [4.69, 9.17) is 51.2 Å². The lowest BCUT2D eigenvalue weighted by Crippen LogP contribution is -2.45. The molecule has 15 nitrogen and oxygen atoms in total. The summed E-state index contributed by atoms with van der Waals surface area (Å²) in [5.41, 5.74) is 0.683. The van der Waals surface area contributed by atoms with Gasteiger partial charge in [-0.1, -0.05) is 29.3 Å². The number of ether oxygens (including phenoxy) is 4. The maximum absolute atomic E-state index is 13.5. The predicted octanol–water partition coefficient (Wildman–Crippen LogP) is 5.56. The molecule has 254 valence electrons. The summed E-state index contributed by atoms with van der Waals surface area (Å²) >= 11 is 12.3. The molecule has 1 fully saturated rings. The van der Waals surface area contributed by atoms with Crippen LogP contribution in [0.25, 0.3) is 0 Å². The molecule has 2 heterocycles. The van der Waals surface area contributed by atoms with Crippen molar-refractivity contribution in [3.63, 3.8) is 0 Å². The highest BCUT2D eigenvalue weighted by molar-refractivity contribution is 7.53. The van der Waals surface area contributed by atoms with E-state index in [-0.39, 0.29) is 45.8 Å². The number of H-pyrrole nitrogens is 1. The molecule has 0 radical (unpaired) electrons. The number of nitrogens with zero attached hydrogens (tertiary/aromatic N) is 2. The van der Waals surface area contributed by atoms with Crippen LogP contribution in [0.1, 0.15) is 66.9 Å². The number of carbonyl (C=O) groups excluding carboxylic acids is 4. The molecule has 1 aliphatic rings. The fraction of sp³-hybridized carbons (Fsp3) is 0.536. The van der Waals surface area contributed by atoms with Gasteiger partial charge in [0, 0.05) is 31.1 Å². The van der Waals surface area contributed by atoms with E-state index in [0.717, 1.165) is 0 Å². The molecule has 1 aromatic heterocycles. The molecule has 0 atom stereocenters. The smallest absolute Gasteiger partial charge is 0.432 e. The van der Waals surface area contributed by atoms with Crippen LogP contribution in [0.15, 0.2) is 24.4 Å². The number of hydrogen-bond acceptors (Lipinski definition) is 13.